The summed E-state index contributed by atoms with van der Waals surface area (Å²) in [7, 11) is -3.69. The Morgan fingerprint density at radius 3 is 2.13 bits per heavy atom. The number of thioether (sulfide) groups is 1. The van der Waals surface area contributed by atoms with E-state index in [4.69, 9.17) is 27.7 Å². The Hall–Kier alpha value is -2.01. The van der Waals surface area contributed by atoms with Crippen molar-refractivity contribution in [2.75, 3.05) is 6.61 Å². The molecule has 160 valence electrons. The zero-order valence-corrected chi connectivity index (χ0v) is 19.8. The third-order valence-corrected chi connectivity index (χ3v) is 8.55. The first-order valence-corrected chi connectivity index (χ1v) is 12.6. The van der Waals surface area contributed by atoms with Gasteiger partial charge in [-0.2, -0.15) is 0 Å². The van der Waals surface area contributed by atoms with E-state index in [1.165, 1.54) is 0 Å². The molecule has 0 aliphatic heterocycles. The molecule has 0 heterocycles. The quantitative estimate of drug-likeness (QED) is 0.276. The van der Waals surface area contributed by atoms with Crippen molar-refractivity contribution in [1.82, 2.24) is 5.32 Å². The highest BCUT2D eigenvalue weighted by Crippen LogP contribution is 2.56. The number of benzene rings is 3. The average molecular weight is 492 g/mol. The Kier molecular flexibility index (Phi) is 8.42. The lowest BCUT2D eigenvalue weighted by molar-refractivity contribution is 0.0967. The number of carbonyl (C=O) groups is 1. The lowest BCUT2D eigenvalue weighted by Crippen LogP contribution is -2.26. The Morgan fingerprint density at radius 2 is 1.55 bits per heavy atom. The summed E-state index contributed by atoms with van der Waals surface area (Å²) in [5.74, 6) is -0.429. The predicted molar refractivity (Wildman–Crippen MR) is 129 cm³/mol. The van der Waals surface area contributed by atoms with Crippen LogP contribution in [0.4, 0.5) is 0 Å². The normalized spacial score (nSPS) is 13.8. The summed E-state index contributed by atoms with van der Waals surface area (Å²) < 4.78 is 20.1. The van der Waals surface area contributed by atoms with Gasteiger partial charge in [-0.25, -0.2) is 0 Å². The van der Waals surface area contributed by atoms with Gasteiger partial charge in [0.05, 0.1) is 6.61 Å². The molecule has 8 heteroatoms. The van der Waals surface area contributed by atoms with Gasteiger partial charge in [-0.15, -0.1) is 0 Å². The van der Waals surface area contributed by atoms with Gasteiger partial charge in [-0.1, -0.05) is 71.4 Å². The highest BCUT2D eigenvalue weighted by molar-refractivity contribution is 8.05. The number of rotatable bonds is 8. The van der Waals surface area contributed by atoms with Crippen LogP contribution in [0.5, 0.6) is 0 Å². The molecule has 0 aromatic heterocycles. The van der Waals surface area contributed by atoms with Crippen LogP contribution in [0.25, 0.3) is 0 Å². The molecule has 31 heavy (non-hydrogen) atoms. The molecule has 0 fully saturated rings. The van der Waals surface area contributed by atoms with Gasteiger partial charge in [0.15, 0.2) is 0 Å². The number of amides is 1. The summed E-state index contributed by atoms with van der Waals surface area (Å²) in [5.41, 5.74) is 0.452. The van der Waals surface area contributed by atoms with E-state index >= 15 is 0 Å². The summed E-state index contributed by atoms with van der Waals surface area (Å²) in [4.78, 5) is 13.7. The molecule has 3 rings (SSSR count). The van der Waals surface area contributed by atoms with Gasteiger partial charge in [-0.3, -0.25) is 9.36 Å². The second kappa shape index (κ2) is 11.0. The van der Waals surface area contributed by atoms with Crippen LogP contribution in [-0.4, -0.2) is 12.5 Å². The van der Waals surface area contributed by atoms with Gasteiger partial charge in [0.2, 0.25) is 0 Å². The smallest absolute Gasteiger partial charge is 0.279 e. The summed E-state index contributed by atoms with van der Waals surface area (Å²) in [6, 6.07) is 24.4. The first kappa shape index (κ1) is 23.6. The maximum absolute atomic E-state index is 14.2. The molecule has 3 aromatic carbocycles. The number of carbonyl (C=O) groups excluding carboxylic acids is 1. The van der Waals surface area contributed by atoms with Crippen molar-refractivity contribution in [2.45, 2.75) is 11.8 Å². The summed E-state index contributed by atoms with van der Waals surface area (Å²) >= 11 is 13.8. The molecular formula is C23H20Cl2NO3PS. The Balaban J connectivity index is 2.08. The Labute approximate surface area is 196 Å². The second-order valence-electron chi connectivity index (χ2n) is 6.30. The van der Waals surface area contributed by atoms with Gasteiger partial charge < -0.3 is 9.84 Å². The first-order valence-electron chi connectivity index (χ1n) is 9.44. The van der Waals surface area contributed by atoms with E-state index in [1.54, 1.807) is 79.7 Å². The monoisotopic (exact) mass is 491 g/mol. The molecule has 0 radical (unpaired) electrons. The van der Waals surface area contributed by atoms with Crippen molar-refractivity contribution in [1.29, 1.82) is 0 Å². The van der Waals surface area contributed by atoms with E-state index in [1.807, 2.05) is 12.1 Å². The van der Waals surface area contributed by atoms with Crippen molar-refractivity contribution in [3.05, 3.63) is 105 Å². The van der Waals surface area contributed by atoms with E-state index < -0.39 is 13.3 Å². The zero-order valence-electron chi connectivity index (χ0n) is 16.6. The fourth-order valence-electron chi connectivity index (χ4n) is 2.74. The molecule has 0 saturated heterocycles. The van der Waals surface area contributed by atoms with Crippen LogP contribution in [0.1, 0.15) is 17.3 Å². The highest BCUT2D eigenvalue weighted by Gasteiger charge is 2.35. The van der Waals surface area contributed by atoms with Gasteiger partial charge >= 0.3 is 0 Å². The van der Waals surface area contributed by atoms with Gasteiger partial charge in [0.25, 0.3) is 13.3 Å². The van der Waals surface area contributed by atoms with Crippen LogP contribution < -0.4 is 10.6 Å². The van der Waals surface area contributed by atoms with Crippen molar-refractivity contribution in [3.63, 3.8) is 0 Å². The fraction of sp³-hybridized carbons (Fsp3) is 0.0870. The highest BCUT2D eigenvalue weighted by atomic mass is 35.5. The molecule has 1 amide bonds. The number of halogens is 2. The summed E-state index contributed by atoms with van der Waals surface area (Å²) in [6.45, 7) is 1.92. The van der Waals surface area contributed by atoms with Crippen LogP contribution in [0.3, 0.4) is 0 Å². The molecule has 0 aliphatic carbocycles. The van der Waals surface area contributed by atoms with Gasteiger partial charge in [0, 0.05) is 20.8 Å². The third-order valence-electron chi connectivity index (χ3n) is 4.18. The van der Waals surface area contributed by atoms with Crippen LogP contribution in [0.15, 0.2) is 99.6 Å². The van der Waals surface area contributed by atoms with Gasteiger partial charge in [-0.05, 0) is 55.5 Å². The standard InChI is InChI=1S/C23H20Cl2NO3PS/c1-2-29-30(28,19-11-7-4-8-12-19)23(26-22(27)17-9-5-3-6-10-17)21(25)31-20-15-13-18(24)14-16-20/h3-16H,2H2,1H3,(H,26,27)/b23-21-/t30-/m0/s1. The van der Waals surface area contributed by atoms with Gasteiger partial charge in [0.1, 0.15) is 9.80 Å². The molecular weight excluding hydrogens is 472 g/mol. The van der Waals surface area contributed by atoms with Crippen molar-refractivity contribution < 1.29 is 13.9 Å². The maximum Gasteiger partial charge on any atom is 0.279 e. The summed E-state index contributed by atoms with van der Waals surface area (Å²) in [6.07, 6.45) is 0. The molecule has 0 spiro atoms. The third kappa shape index (κ3) is 6.03. The van der Waals surface area contributed by atoms with E-state index in [-0.39, 0.29) is 16.4 Å². The molecule has 0 saturated carbocycles. The second-order valence-corrected chi connectivity index (χ2v) is 10.8. The Bertz CT molecular complexity index is 1110. The molecule has 1 atom stereocenters. The fourth-order valence-corrected chi connectivity index (χ4v) is 6.58. The minimum atomic E-state index is -3.69. The molecule has 4 nitrogen and oxygen atoms in total. The number of hydrogen-bond donors (Lipinski definition) is 1. The summed E-state index contributed by atoms with van der Waals surface area (Å²) in [5, 5.41) is 3.79. The average Bonchev–Trinajstić information content (AvgIpc) is 2.80. The molecule has 1 N–H and O–H groups in total. The SMILES string of the molecule is CCO[P@](=O)(/C(NC(=O)c1ccccc1)=C(/Cl)Sc1ccc(Cl)cc1)c1ccccc1. The van der Waals surface area contributed by atoms with E-state index in [9.17, 15) is 9.36 Å². The predicted octanol–water partition coefficient (Wildman–Crippen LogP) is 6.87. The maximum atomic E-state index is 14.2. The topological polar surface area (TPSA) is 55.4 Å². The van der Waals surface area contributed by atoms with Crippen LogP contribution in [0.2, 0.25) is 5.02 Å². The van der Waals surface area contributed by atoms with Crippen molar-refractivity contribution in [3.8, 4) is 0 Å². The molecule has 3 aromatic rings. The van der Waals surface area contributed by atoms with Crippen LogP contribution in [0, 0.1) is 0 Å². The Morgan fingerprint density at radius 1 is 0.968 bits per heavy atom. The zero-order chi connectivity index (χ0) is 22.3. The molecule has 0 bridgehead atoms. The van der Waals surface area contributed by atoms with E-state index in [0.29, 0.717) is 15.9 Å². The molecule has 0 aliphatic rings. The first-order chi connectivity index (χ1) is 14.9. The number of nitrogens with one attached hydrogen (secondary N) is 1. The van der Waals surface area contributed by atoms with Crippen LogP contribution >= 0.6 is 42.3 Å². The minimum Gasteiger partial charge on any atom is -0.321 e. The molecule has 0 unspecified atom stereocenters. The van der Waals surface area contributed by atoms with Crippen molar-refractivity contribution in [2.24, 2.45) is 0 Å². The van der Waals surface area contributed by atoms with E-state index in [0.717, 1.165) is 16.7 Å². The largest absolute Gasteiger partial charge is 0.321 e. The number of hydrogen-bond acceptors (Lipinski definition) is 4. The lowest BCUT2D eigenvalue weighted by atomic mass is 10.2. The van der Waals surface area contributed by atoms with Crippen LogP contribution in [-0.2, 0) is 9.09 Å². The minimum absolute atomic E-state index is 0.0380. The van der Waals surface area contributed by atoms with E-state index in [2.05, 4.69) is 5.32 Å². The lowest BCUT2D eigenvalue weighted by Gasteiger charge is -2.23. The van der Waals surface area contributed by atoms with Crippen molar-refractivity contribution >= 4 is 53.5 Å².